The molecule has 1 aliphatic heterocycles. The highest BCUT2D eigenvalue weighted by Gasteiger charge is 2.24. The number of ketones is 1. The molecule has 2 heterocycles. The van der Waals surface area contributed by atoms with Crippen molar-refractivity contribution in [1.29, 1.82) is 0 Å². The first-order chi connectivity index (χ1) is 16.6. The number of sulfonamides is 1. The van der Waals surface area contributed by atoms with E-state index in [0.29, 0.717) is 29.3 Å². The third-order valence-corrected chi connectivity index (χ3v) is 9.02. The fourth-order valence-corrected chi connectivity index (χ4v) is 7.06. The first kappa shape index (κ1) is 25.4. The molecule has 0 amide bonds. The summed E-state index contributed by atoms with van der Waals surface area (Å²) in [5.41, 5.74) is 7.52. The van der Waals surface area contributed by atoms with Gasteiger partial charge in [-0.3, -0.25) is 9.52 Å². The molecule has 0 unspecified atom stereocenters. The van der Waals surface area contributed by atoms with E-state index in [2.05, 4.69) is 29.5 Å². The Balaban J connectivity index is 1.61. The second kappa shape index (κ2) is 10.1. The zero-order chi connectivity index (χ0) is 25.3. The van der Waals surface area contributed by atoms with E-state index < -0.39 is 10.0 Å². The van der Waals surface area contributed by atoms with E-state index in [1.54, 1.807) is 30.5 Å². The van der Waals surface area contributed by atoms with Gasteiger partial charge in [0.1, 0.15) is 0 Å². The topological polar surface area (TPSA) is 75.7 Å². The number of thiophene rings is 1. The van der Waals surface area contributed by atoms with Crippen LogP contribution in [0.3, 0.4) is 0 Å². The minimum atomic E-state index is -3.82. The van der Waals surface area contributed by atoms with Crippen LogP contribution >= 0.6 is 11.3 Å². The van der Waals surface area contributed by atoms with Crippen molar-refractivity contribution in [3.05, 3.63) is 74.0 Å². The van der Waals surface area contributed by atoms with Gasteiger partial charge in [-0.15, -0.1) is 11.3 Å². The highest BCUT2D eigenvalue weighted by molar-refractivity contribution is 7.92. The lowest BCUT2D eigenvalue weighted by molar-refractivity contribution is 0.0997. The second-order valence-corrected chi connectivity index (χ2v) is 11.8. The minimum Gasteiger partial charge on any atom is -0.378 e. The number of hydrogen-bond donors (Lipinski definition) is 1. The summed E-state index contributed by atoms with van der Waals surface area (Å²) in [5, 5.41) is 1.75. The summed E-state index contributed by atoms with van der Waals surface area (Å²) in [5.74, 6) is -0.0960. The molecule has 0 spiro atoms. The summed E-state index contributed by atoms with van der Waals surface area (Å²) < 4.78 is 34.4. The van der Waals surface area contributed by atoms with E-state index in [0.717, 1.165) is 35.3 Å². The quantitative estimate of drug-likeness (QED) is 0.432. The summed E-state index contributed by atoms with van der Waals surface area (Å²) in [6, 6.07) is 9.01. The Bertz CT molecular complexity index is 1370. The molecular weight excluding hydrogens is 480 g/mol. The van der Waals surface area contributed by atoms with Crippen LogP contribution in [-0.4, -0.2) is 40.5 Å². The molecule has 1 saturated heterocycles. The molecule has 0 atom stereocenters. The van der Waals surface area contributed by atoms with Gasteiger partial charge in [0.2, 0.25) is 0 Å². The van der Waals surface area contributed by atoms with Crippen molar-refractivity contribution in [2.45, 2.75) is 45.9 Å². The summed E-state index contributed by atoms with van der Waals surface area (Å²) in [6.45, 7) is 13.0. The van der Waals surface area contributed by atoms with Gasteiger partial charge < -0.3 is 9.64 Å². The average molecular weight is 513 g/mol. The second-order valence-electron chi connectivity index (χ2n) is 9.20. The molecule has 0 aliphatic carbocycles. The van der Waals surface area contributed by atoms with Crippen LogP contribution in [0.15, 0.2) is 40.6 Å². The predicted molar refractivity (Wildman–Crippen MR) is 143 cm³/mol. The Hall–Kier alpha value is -2.68. The molecule has 0 radical (unpaired) electrons. The lowest BCUT2D eigenvalue weighted by Gasteiger charge is -2.32. The molecule has 35 heavy (non-hydrogen) atoms. The SMILES string of the molecule is Cc1ccc(S(=O)(=O)Nc2ccsc2C(=O)Cc2c(C)cc(C)c(N3CCOCC3)c2C)c(C)c1. The van der Waals surface area contributed by atoms with Gasteiger partial charge in [-0.25, -0.2) is 8.42 Å². The lowest BCUT2D eigenvalue weighted by atomic mass is 9.92. The lowest BCUT2D eigenvalue weighted by Crippen LogP contribution is -2.37. The maximum Gasteiger partial charge on any atom is 0.262 e. The van der Waals surface area contributed by atoms with Gasteiger partial charge in [0, 0.05) is 25.2 Å². The average Bonchev–Trinajstić information content (AvgIpc) is 3.24. The minimum absolute atomic E-state index is 0.0960. The normalized spacial score (nSPS) is 14.3. The van der Waals surface area contributed by atoms with Gasteiger partial charge in [-0.05, 0) is 79.9 Å². The fourth-order valence-electron chi connectivity index (χ4n) is 4.91. The molecule has 1 fully saturated rings. The van der Waals surface area contributed by atoms with Crippen LogP contribution in [0.4, 0.5) is 11.4 Å². The van der Waals surface area contributed by atoms with Crippen molar-refractivity contribution < 1.29 is 17.9 Å². The van der Waals surface area contributed by atoms with E-state index in [-0.39, 0.29) is 17.1 Å². The monoisotopic (exact) mass is 512 g/mol. The number of morpholine rings is 1. The number of nitrogens with zero attached hydrogens (tertiary/aromatic N) is 1. The molecule has 186 valence electrons. The van der Waals surface area contributed by atoms with Crippen molar-refractivity contribution in [2.75, 3.05) is 35.9 Å². The fraction of sp³-hybridized carbons (Fsp3) is 0.370. The van der Waals surface area contributed by atoms with Crippen molar-refractivity contribution in [2.24, 2.45) is 0 Å². The van der Waals surface area contributed by atoms with Crippen LogP contribution in [0.25, 0.3) is 0 Å². The number of benzene rings is 2. The maximum absolute atomic E-state index is 13.4. The molecule has 0 saturated carbocycles. The van der Waals surface area contributed by atoms with Gasteiger partial charge in [-0.2, -0.15) is 0 Å². The maximum atomic E-state index is 13.4. The molecule has 3 aromatic rings. The van der Waals surface area contributed by atoms with Crippen molar-refractivity contribution in [3.8, 4) is 0 Å². The largest absolute Gasteiger partial charge is 0.378 e. The number of hydrogen-bond acceptors (Lipinski definition) is 6. The van der Waals surface area contributed by atoms with Gasteiger partial charge in [0.25, 0.3) is 10.0 Å². The summed E-state index contributed by atoms with van der Waals surface area (Å²) >= 11 is 1.26. The number of Topliss-reactive ketones (excluding diaryl/α,β-unsaturated/α-hetero) is 1. The van der Waals surface area contributed by atoms with Crippen LogP contribution in [0.2, 0.25) is 0 Å². The molecule has 1 aliphatic rings. The van der Waals surface area contributed by atoms with Gasteiger partial charge >= 0.3 is 0 Å². The Morgan fingerprint density at radius 1 is 1.00 bits per heavy atom. The van der Waals surface area contributed by atoms with Crippen molar-refractivity contribution in [1.82, 2.24) is 0 Å². The van der Waals surface area contributed by atoms with Gasteiger partial charge in [0.15, 0.2) is 5.78 Å². The van der Waals surface area contributed by atoms with E-state index in [1.165, 1.54) is 22.6 Å². The Labute approximate surface area is 212 Å². The number of aryl methyl sites for hydroxylation is 4. The number of anilines is 2. The zero-order valence-electron chi connectivity index (χ0n) is 20.9. The predicted octanol–water partition coefficient (Wildman–Crippen LogP) is 5.35. The molecule has 4 rings (SSSR count). The first-order valence-electron chi connectivity index (χ1n) is 11.7. The number of nitrogens with one attached hydrogen (secondary N) is 1. The Kier molecular flexibility index (Phi) is 7.35. The van der Waals surface area contributed by atoms with Crippen molar-refractivity contribution in [3.63, 3.8) is 0 Å². The molecule has 6 nitrogen and oxygen atoms in total. The molecule has 8 heteroatoms. The third-order valence-electron chi connectivity index (χ3n) is 6.54. The standard InChI is InChI=1S/C27H32N2O4S2/c1-17-6-7-25(19(3)14-17)35(31,32)28-23-8-13-34-27(23)24(30)16-22-18(2)15-20(4)26(21(22)5)29-9-11-33-12-10-29/h6-8,13-15,28H,9-12,16H2,1-5H3. The van der Waals surface area contributed by atoms with E-state index in [4.69, 9.17) is 4.74 Å². The van der Waals surface area contributed by atoms with Crippen LogP contribution < -0.4 is 9.62 Å². The summed E-state index contributed by atoms with van der Waals surface area (Å²) in [4.78, 5) is 16.4. The van der Waals surface area contributed by atoms with Crippen LogP contribution in [0.5, 0.6) is 0 Å². The number of ether oxygens (including phenoxy) is 1. The summed E-state index contributed by atoms with van der Waals surface area (Å²) in [7, 11) is -3.82. The van der Waals surface area contributed by atoms with Gasteiger partial charge in [-0.1, -0.05) is 23.8 Å². The highest BCUT2D eigenvalue weighted by atomic mass is 32.2. The number of rotatable bonds is 7. The first-order valence-corrected chi connectivity index (χ1v) is 14.1. The molecule has 2 aromatic carbocycles. The Morgan fingerprint density at radius 3 is 2.40 bits per heavy atom. The van der Waals surface area contributed by atoms with Crippen LogP contribution in [0, 0.1) is 34.6 Å². The molecule has 0 bridgehead atoms. The summed E-state index contributed by atoms with van der Waals surface area (Å²) in [6.07, 6.45) is 0.216. The molecular formula is C27H32N2O4S2. The highest BCUT2D eigenvalue weighted by Crippen LogP contribution is 2.33. The third kappa shape index (κ3) is 5.29. The van der Waals surface area contributed by atoms with Crippen molar-refractivity contribution >= 4 is 38.5 Å². The van der Waals surface area contributed by atoms with E-state index >= 15 is 0 Å². The van der Waals surface area contributed by atoms with Gasteiger partial charge in [0.05, 0.1) is 28.7 Å². The Morgan fingerprint density at radius 2 is 1.71 bits per heavy atom. The van der Waals surface area contributed by atoms with E-state index in [9.17, 15) is 13.2 Å². The molecule has 1 aromatic heterocycles. The zero-order valence-corrected chi connectivity index (χ0v) is 22.5. The smallest absolute Gasteiger partial charge is 0.262 e. The number of carbonyl (C=O) groups excluding carboxylic acids is 1. The van der Waals surface area contributed by atoms with E-state index in [1.807, 2.05) is 19.9 Å². The molecule has 1 N–H and O–H groups in total. The number of carbonyl (C=O) groups is 1. The van der Waals surface area contributed by atoms with Crippen LogP contribution in [0.1, 0.15) is 43.1 Å². The van der Waals surface area contributed by atoms with Crippen LogP contribution in [-0.2, 0) is 21.2 Å².